The predicted molar refractivity (Wildman–Crippen MR) is 78.2 cm³/mol. The van der Waals surface area contributed by atoms with Gasteiger partial charge in [-0.3, -0.25) is 4.79 Å². The third kappa shape index (κ3) is 1.32. The summed E-state index contributed by atoms with van der Waals surface area (Å²) >= 11 is 0. The Kier molecular flexibility index (Phi) is 2.77. The van der Waals surface area contributed by atoms with Crippen molar-refractivity contribution in [3.8, 4) is 11.5 Å². The van der Waals surface area contributed by atoms with Gasteiger partial charge in [0.25, 0.3) is 0 Å². The molecule has 3 aliphatic rings. The van der Waals surface area contributed by atoms with Crippen molar-refractivity contribution in [2.75, 3.05) is 20.8 Å². The summed E-state index contributed by atoms with van der Waals surface area (Å²) in [5.41, 5.74) is 0.643. The molecule has 2 fully saturated rings. The minimum absolute atomic E-state index is 0.167. The van der Waals surface area contributed by atoms with E-state index in [0.717, 1.165) is 23.3 Å². The smallest absolute Gasteiger partial charge is 0.313 e. The summed E-state index contributed by atoms with van der Waals surface area (Å²) in [6.07, 6.45) is 2.12. The van der Waals surface area contributed by atoms with Gasteiger partial charge >= 0.3 is 5.97 Å². The normalized spacial score (nSPS) is 35.4. The molecule has 1 saturated heterocycles. The second-order valence-corrected chi connectivity index (χ2v) is 6.51. The van der Waals surface area contributed by atoms with Gasteiger partial charge in [0, 0.05) is 11.1 Å². The number of aliphatic hydroxyl groups excluding tert-OH is 1. The molecule has 0 amide bonds. The van der Waals surface area contributed by atoms with E-state index in [-0.39, 0.29) is 12.6 Å². The molecule has 3 atom stereocenters. The second kappa shape index (κ2) is 4.38. The van der Waals surface area contributed by atoms with Crippen molar-refractivity contribution in [2.24, 2.45) is 5.41 Å². The quantitative estimate of drug-likeness (QED) is 0.841. The number of cyclic esters (lactones) is 1. The van der Waals surface area contributed by atoms with E-state index in [9.17, 15) is 9.90 Å². The van der Waals surface area contributed by atoms with Crippen LogP contribution in [0.2, 0.25) is 0 Å². The van der Waals surface area contributed by atoms with E-state index in [2.05, 4.69) is 0 Å². The number of methoxy groups -OCH3 is 2. The largest absolute Gasteiger partial charge is 0.496 e. The Morgan fingerprint density at radius 3 is 2.68 bits per heavy atom. The molecule has 5 heteroatoms. The van der Waals surface area contributed by atoms with E-state index < -0.39 is 16.9 Å². The molecule has 0 spiro atoms. The van der Waals surface area contributed by atoms with Crippen LogP contribution < -0.4 is 9.47 Å². The molecule has 0 aromatic heterocycles. The third-order valence-corrected chi connectivity index (χ3v) is 6.01. The van der Waals surface area contributed by atoms with Gasteiger partial charge in [0.1, 0.15) is 18.1 Å². The molecule has 1 aliphatic heterocycles. The van der Waals surface area contributed by atoms with Gasteiger partial charge in [0.05, 0.1) is 31.2 Å². The first-order chi connectivity index (χ1) is 10.6. The zero-order valence-electron chi connectivity index (χ0n) is 12.8. The van der Waals surface area contributed by atoms with Gasteiger partial charge < -0.3 is 19.3 Å². The number of esters is 1. The summed E-state index contributed by atoms with van der Waals surface area (Å²) in [5, 5.41) is 10.8. The highest BCUT2D eigenvalue weighted by atomic mass is 16.5. The lowest BCUT2D eigenvalue weighted by atomic mass is 9.56. The summed E-state index contributed by atoms with van der Waals surface area (Å²) in [4.78, 5) is 12.5. The number of rotatable bonds is 2. The topological polar surface area (TPSA) is 65.0 Å². The predicted octanol–water partition coefficient (Wildman–Crippen LogP) is 1.59. The van der Waals surface area contributed by atoms with Gasteiger partial charge in [-0.1, -0.05) is 0 Å². The second-order valence-electron chi connectivity index (χ2n) is 6.51. The average Bonchev–Trinajstić information content (AvgIpc) is 3.02. The first-order valence-corrected chi connectivity index (χ1v) is 7.70. The summed E-state index contributed by atoms with van der Waals surface area (Å²) in [6, 6.07) is 3.75. The molecule has 2 aliphatic carbocycles. The summed E-state index contributed by atoms with van der Waals surface area (Å²) in [7, 11) is 3.26. The standard InChI is InChI=1S/C17H20O5/c1-20-11-3-4-12(21-2)14-10(11)5-7-16-8-6-13(18)17(14,16)9-22-15(16)19/h3-4,13,18H,5-9H2,1-2H3/t13-,16-,17-/m0/s1. The Morgan fingerprint density at radius 2 is 1.95 bits per heavy atom. The fraction of sp³-hybridized carbons (Fsp3) is 0.588. The van der Waals surface area contributed by atoms with Gasteiger partial charge in [0.15, 0.2) is 0 Å². The zero-order chi connectivity index (χ0) is 15.5. The molecule has 1 saturated carbocycles. The molecule has 1 aromatic rings. The molecular formula is C17H20O5. The molecule has 5 nitrogen and oxygen atoms in total. The number of ether oxygens (including phenoxy) is 3. The SMILES string of the molecule is COc1ccc(OC)c2c1CC[C@@]13CC[C@H](O)[C@@]21COC3=O. The Hall–Kier alpha value is -1.75. The summed E-state index contributed by atoms with van der Waals surface area (Å²) < 4.78 is 16.5. The van der Waals surface area contributed by atoms with Gasteiger partial charge in [0.2, 0.25) is 0 Å². The van der Waals surface area contributed by atoms with E-state index in [4.69, 9.17) is 14.2 Å². The molecule has 1 aromatic carbocycles. The number of carbonyl (C=O) groups excluding carboxylic acids is 1. The van der Waals surface area contributed by atoms with Crippen molar-refractivity contribution >= 4 is 5.97 Å². The summed E-state index contributed by atoms with van der Waals surface area (Å²) in [6.45, 7) is 0.226. The third-order valence-electron chi connectivity index (χ3n) is 6.01. The highest BCUT2D eigenvalue weighted by molar-refractivity contribution is 5.85. The molecule has 0 bridgehead atoms. The Morgan fingerprint density at radius 1 is 1.23 bits per heavy atom. The van der Waals surface area contributed by atoms with E-state index in [0.29, 0.717) is 25.0 Å². The maximum absolute atomic E-state index is 12.5. The Balaban J connectivity index is 2.05. The molecule has 22 heavy (non-hydrogen) atoms. The van der Waals surface area contributed by atoms with Gasteiger partial charge in [-0.15, -0.1) is 0 Å². The fourth-order valence-corrected chi connectivity index (χ4v) is 4.98. The lowest BCUT2D eigenvalue weighted by molar-refractivity contribution is -0.147. The highest BCUT2D eigenvalue weighted by Crippen LogP contribution is 2.66. The van der Waals surface area contributed by atoms with Crippen LogP contribution in [0.4, 0.5) is 0 Å². The highest BCUT2D eigenvalue weighted by Gasteiger charge is 2.72. The van der Waals surface area contributed by atoms with Crippen LogP contribution in [-0.4, -0.2) is 38.0 Å². The first kappa shape index (κ1) is 13.9. The van der Waals surface area contributed by atoms with Crippen LogP contribution in [0, 0.1) is 5.41 Å². The monoisotopic (exact) mass is 304 g/mol. The fourth-order valence-electron chi connectivity index (χ4n) is 4.98. The van der Waals surface area contributed by atoms with E-state index in [1.807, 2.05) is 12.1 Å². The molecule has 4 rings (SSSR count). The minimum atomic E-state index is -0.697. The van der Waals surface area contributed by atoms with Crippen LogP contribution >= 0.6 is 0 Å². The van der Waals surface area contributed by atoms with Crippen LogP contribution in [0.5, 0.6) is 11.5 Å². The molecule has 0 unspecified atom stereocenters. The number of hydrogen-bond donors (Lipinski definition) is 1. The molecule has 1 N–H and O–H groups in total. The van der Waals surface area contributed by atoms with Crippen molar-refractivity contribution in [1.82, 2.24) is 0 Å². The average molecular weight is 304 g/mol. The number of hydrogen-bond acceptors (Lipinski definition) is 5. The van der Waals surface area contributed by atoms with E-state index in [1.54, 1.807) is 14.2 Å². The van der Waals surface area contributed by atoms with Crippen molar-refractivity contribution in [2.45, 2.75) is 37.2 Å². The number of fused-ring (bicyclic) bond motifs is 1. The van der Waals surface area contributed by atoms with Crippen molar-refractivity contribution in [1.29, 1.82) is 0 Å². The number of aliphatic hydroxyl groups is 1. The van der Waals surface area contributed by atoms with Crippen LogP contribution in [-0.2, 0) is 21.4 Å². The van der Waals surface area contributed by atoms with Gasteiger partial charge in [-0.2, -0.15) is 0 Å². The zero-order valence-corrected chi connectivity index (χ0v) is 12.8. The van der Waals surface area contributed by atoms with Crippen LogP contribution in [0.15, 0.2) is 12.1 Å². The maximum Gasteiger partial charge on any atom is 0.313 e. The van der Waals surface area contributed by atoms with Gasteiger partial charge in [-0.25, -0.2) is 0 Å². The van der Waals surface area contributed by atoms with Gasteiger partial charge in [-0.05, 0) is 37.8 Å². The number of carbonyl (C=O) groups is 1. The molecular weight excluding hydrogens is 284 g/mol. The Labute approximate surface area is 129 Å². The summed E-state index contributed by atoms with van der Waals surface area (Å²) in [5.74, 6) is 1.33. The van der Waals surface area contributed by atoms with E-state index in [1.165, 1.54) is 0 Å². The number of benzene rings is 1. The lowest BCUT2D eigenvalue weighted by Gasteiger charge is -2.44. The molecule has 0 radical (unpaired) electrons. The lowest BCUT2D eigenvalue weighted by Crippen LogP contribution is -2.51. The Bertz CT molecular complexity index is 655. The van der Waals surface area contributed by atoms with Crippen molar-refractivity contribution < 1.29 is 24.1 Å². The van der Waals surface area contributed by atoms with Crippen molar-refractivity contribution in [3.05, 3.63) is 23.3 Å². The van der Waals surface area contributed by atoms with Crippen LogP contribution in [0.3, 0.4) is 0 Å². The first-order valence-electron chi connectivity index (χ1n) is 7.70. The molecule has 118 valence electrons. The molecule has 1 heterocycles. The maximum atomic E-state index is 12.5. The van der Waals surface area contributed by atoms with Crippen LogP contribution in [0.25, 0.3) is 0 Å². The van der Waals surface area contributed by atoms with Crippen molar-refractivity contribution in [3.63, 3.8) is 0 Å². The van der Waals surface area contributed by atoms with E-state index >= 15 is 0 Å². The van der Waals surface area contributed by atoms with Crippen LogP contribution in [0.1, 0.15) is 30.4 Å². The minimum Gasteiger partial charge on any atom is -0.496 e.